The van der Waals surface area contributed by atoms with E-state index in [-0.39, 0.29) is 6.10 Å². The van der Waals surface area contributed by atoms with Crippen molar-refractivity contribution in [3.63, 3.8) is 0 Å². The maximum absolute atomic E-state index is 5.95. The lowest BCUT2D eigenvalue weighted by atomic mass is 10.1. The molecule has 0 bridgehead atoms. The van der Waals surface area contributed by atoms with Gasteiger partial charge in [-0.3, -0.25) is 4.90 Å². The van der Waals surface area contributed by atoms with Gasteiger partial charge < -0.3 is 9.26 Å². The van der Waals surface area contributed by atoms with Gasteiger partial charge in [0.25, 0.3) is 0 Å². The molecule has 0 fully saturated rings. The van der Waals surface area contributed by atoms with Crippen LogP contribution in [-0.2, 0) is 18.7 Å². The van der Waals surface area contributed by atoms with Gasteiger partial charge in [0.15, 0.2) is 5.82 Å². The summed E-state index contributed by atoms with van der Waals surface area (Å²) in [5, 5.41) is 3.96. The standard InChI is InChI=1S/C15H19N3O2S/c1-18(9-15-16-14(10-21-2)17-20-15)8-12-7-11-5-3-4-6-13(11)19-12/h3-6,12H,7-10H2,1-2H3/t12-/m0/s1. The van der Waals surface area contributed by atoms with E-state index in [1.807, 2.05) is 25.4 Å². The average molecular weight is 305 g/mol. The molecule has 112 valence electrons. The van der Waals surface area contributed by atoms with E-state index in [4.69, 9.17) is 9.26 Å². The highest BCUT2D eigenvalue weighted by Crippen LogP contribution is 2.28. The Morgan fingerprint density at radius 1 is 1.38 bits per heavy atom. The van der Waals surface area contributed by atoms with E-state index in [2.05, 4.69) is 27.2 Å². The lowest BCUT2D eigenvalue weighted by Crippen LogP contribution is -2.31. The quantitative estimate of drug-likeness (QED) is 0.816. The molecule has 1 aliphatic heterocycles. The van der Waals surface area contributed by atoms with Crippen molar-refractivity contribution in [2.24, 2.45) is 0 Å². The number of para-hydroxylation sites is 1. The van der Waals surface area contributed by atoms with Gasteiger partial charge in [-0.15, -0.1) is 0 Å². The second-order valence-electron chi connectivity index (χ2n) is 5.29. The third-order valence-electron chi connectivity index (χ3n) is 3.42. The number of nitrogens with zero attached hydrogens (tertiary/aromatic N) is 3. The highest BCUT2D eigenvalue weighted by molar-refractivity contribution is 7.97. The molecule has 1 aliphatic rings. The van der Waals surface area contributed by atoms with Gasteiger partial charge in [-0.2, -0.15) is 16.7 Å². The van der Waals surface area contributed by atoms with Gasteiger partial charge in [-0.1, -0.05) is 23.4 Å². The Hall–Kier alpha value is -1.53. The molecule has 6 heteroatoms. The van der Waals surface area contributed by atoms with Crippen molar-refractivity contribution in [1.82, 2.24) is 15.0 Å². The number of rotatable bonds is 6. The molecule has 5 nitrogen and oxygen atoms in total. The zero-order valence-corrected chi connectivity index (χ0v) is 13.1. The summed E-state index contributed by atoms with van der Waals surface area (Å²) in [6.45, 7) is 1.49. The normalized spacial score (nSPS) is 17.0. The van der Waals surface area contributed by atoms with Crippen LogP contribution >= 0.6 is 11.8 Å². The average Bonchev–Trinajstić information content (AvgIpc) is 3.05. The van der Waals surface area contributed by atoms with Crippen LogP contribution in [0.25, 0.3) is 0 Å². The predicted molar refractivity (Wildman–Crippen MR) is 82.4 cm³/mol. The van der Waals surface area contributed by atoms with Gasteiger partial charge in [0, 0.05) is 13.0 Å². The first-order chi connectivity index (χ1) is 10.2. The third-order valence-corrected chi connectivity index (χ3v) is 3.96. The van der Waals surface area contributed by atoms with E-state index in [0.717, 1.165) is 30.3 Å². The topological polar surface area (TPSA) is 51.4 Å². The van der Waals surface area contributed by atoms with Crippen molar-refractivity contribution >= 4 is 11.8 Å². The van der Waals surface area contributed by atoms with Crippen LogP contribution in [0.3, 0.4) is 0 Å². The molecule has 0 unspecified atom stereocenters. The molecule has 0 N–H and O–H groups in total. The van der Waals surface area contributed by atoms with Gasteiger partial charge in [0.2, 0.25) is 5.89 Å². The summed E-state index contributed by atoms with van der Waals surface area (Å²) < 4.78 is 11.2. The van der Waals surface area contributed by atoms with Crippen molar-refractivity contribution < 1.29 is 9.26 Å². The Bertz CT molecular complexity index is 577. The number of thioether (sulfide) groups is 1. The van der Waals surface area contributed by atoms with Gasteiger partial charge >= 0.3 is 0 Å². The number of aromatic nitrogens is 2. The second kappa shape index (κ2) is 6.49. The highest BCUT2D eigenvalue weighted by Gasteiger charge is 2.24. The molecule has 0 radical (unpaired) electrons. The lowest BCUT2D eigenvalue weighted by molar-refractivity contribution is 0.155. The molecule has 2 heterocycles. The number of likely N-dealkylation sites (N-methyl/N-ethyl adjacent to an activating group) is 1. The lowest BCUT2D eigenvalue weighted by Gasteiger charge is -2.18. The molecule has 1 aromatic carbocycles. The summed E-state index contributed by atoms with van der Waals surface area (Å²) in [5.41, 5.74) is 1.29. The third kappa shape index (κ3) is 3.57. The Kier molecular flexibility index (Phi) is 4.45. The van der Waals surface area contributed by atoms with Crippen molar-refractivity contribution in [3.05, 3.63) is 41.5 Å². The fraction of sp³-hybridized carbons (Fsp3) is 0.467. The van der Waals surface area contributed by atoms with E-state index in [1.54, 1.807) is 11.8 Å². The molecule has 0 amide bonds. The molecular weight excluding hydrogens is 286 g/mol. The fourth-order valence-electron chi connectivity index (χ4n) is 2.54. The van der Waals surface area contributed by atoms with Crippen LogP contribution in [0.1, 0.15) is 17.3 Å². The first-order valence-corrected chi connectivity index (χ1v) is 8.37. The maximum atomic E-state index is 5.95. The largest absolute Gasteiger partial charge is 0.488 e. The van der Waals surface area contributed by atoms with Crippen LogP contribution in [0.2, 0.25) is 0 Å². The Balaban J connectivity index is 1.52. The summed E-state index contributed by atoms with van der Waals surface area (Å²) in [6, 6.07) is 8.22. The molecule has 1 aromatic heterocycles. The summed E-state index contributed by atoms with van der Waals surface area (Å²) in [4.78, 5) is 6.53. The van der Waals surface area contributed by atoms with E-state index in [9.17, 15) is 0 Å². The number of hydrogen-bond acceptors (Lipinski definition) is 6. The summed E-state index contributed by atoms with van der Waals surface area (Å²) in [6.07, 6.45) is 3.18. The Morgan fingerprint density at radius 2 is 2.24 bits per heavy atom. The molecule has 0 spiro atoms. The van der Waals surface area contributed by atoms with Crippen molar-refractivity contribution in [2.75, 3.05) is 19.8 Å². The first-order valence-electron chi connectivity index (χ1n) is 6.98. The van der Waals surface area contributed by atoms with Crippen molar-refractivity contribution in [3.8, 4) is 5.75 Å². The highest BCUT2D eigenvalue weighted by atomic mass is 32.2. The number of fused-ring (bicyclic) bond motifs is 1. The van der Waals surface area contributed by atoms with Gasteiger partial charge in [0.1, 0.15) is 11.9 Å². The fourth-order valence-corrected chi connectivity index (χ4v) is 2.92. The Morgan fingerprint density at radius 3 is 3.05 bits per heavy atom. The molecule has 0 aliphatic carbocycles. The van der Waals surface area contributed by atoms with Crippen molar-refractivity contribution in [1.29, 1.82) is 0 Å². The SMILES string of the molecule is CSCc1noc(CN(C)C[C@@H]2Cc3ccccc3O2)n1. The van der Waals surface area contributed by atoms with E-state index >= 15 is 0 Å². The van der Waals surface area contributed by atoms with Gasteiger partial charge in [-0.05, 0) is 24.9 Å². The van der Waals surface area contributed by atoms with Crippen LogP contribution in [0.15, 0.2) is 28.8 Å². The van der Waals surface area contributed by atoms with E-state index in [1.165, 1.54) is 5.56 Å². The molecule has 21 heavy (non-hydrogen) atoms. The minimum atomic E-state index is 0.195. The molecule has 0 saturated heterocycles. The zero-order valence-electron chi connectivity index (χ0n) is 12.3. The smallest absolute Gasteiger partial charge is 0.240 e. The first kappa shape index (κ1) is 14.4. The van der Waals surface area contributed by atoms with Gasteiger partial charge in [0.05, 0.1) is 12.3 Å². The van der Waals surface area contributed by atoms with Crippen LogP contribution in [0.4, 0.5) is 0 Å². The number of ether oxygens (including phenoxy) is 1. The predicted octanol–water partition coefficient (Wildman–Crippen LogP) is 2.37. The summed E-state index contributed by atoms with van der Waals surface area (Å²) >= 11 is 1.69. The van der Waals surface area contributed by atoms with Crippen LogP contribution in [-0.4, -0.2) is 41.0 Å². The molecule has 3 rings (SSSR count). The van der Waals surface area contributed by atoms with Gasteiger partial charge in [-0.25, -0.2) is 0 Å². The Labute approximate surface area is 128 Å². The zero-order chi connectivity index (χ0) is 14.7. The molecular formula is C15H19N3O2S. The second-order valence-corrected chi connectivity index (χ2v) is 6.15. The van der Waals surface area contributed by atoms with Crippen LogP contribution in [0, 0.1) is 0 Å². The molecule has 2 aromatic rings. The molecule has 0 saturated carbocycles. The van der Waals surface area contributed by atoms with Crippen molar-refractivity contribution in [2.45, 2.75) is 24.8 Å². The summed E-state index contributed by atoms with van der Waals surface area (Å²) in [5.74, 6) is 3.22. The minimum absolute atomic E-state index is 0.195. The van der Waals surface area contributed by atoms with Crippen LogP contribution < -0.4 is 4.74 Å². The number of benzene rings is 1. The van der Waals surface area contributed by atoms with Crippen LogP contribution in [0.5, 0.6) is 5.75 Å². The number of hydrogen-bond donors (Lipinski definition) is 0. The summed E-state index contributed by atoms with van der Waals surface area (Å²) in [7, 11) is 2.05. The van der Waals surface area contributed by atoms with E-state index in [0.29, 0.717) is 12.4 Å². The minimum Gasteiger partial charge on any atom is -0.488 e. The molecule has 1 atom stereocenters. The van der Waals surface area contributed by atoms with E-state index < -0.39 is 0 Å². The monoisotopic (exact) mass is 305 g/mol. The maximum Gasteiger partial charge on any atom is 0.240 e.